The van der Waals surface area contributed by atoms with Gasteiger partial charge in [-0.15, -0.1) is 0 Å². The van der Waals surface area contributed by atoms with Crippen molar-refractivity contribution in [3.63, 3.8) is 0 Å². The monoisotopic (exact) mass is 412 g/mol. The van der Waals surface area contributed by atoms with Crippen LogP contribution in [0, 0.1) is 5.92 Å². The number of fused-ring (bicyclic) bond motifs is 2. The quantitative estimate of drug-likeness (QED) is 0.424. The maximum Gasteiger partial charge on any atom is 0.161 e. The first-order valence-corrected chi connectivity index (χ1v) is 10.5. The second-order valence-electron chi connectivity index (χ2n) is 8.40. The molecule has 31 heavy (non-hydrogen) atoms. The first-order chi connectivity index (χ1) is 15.0. The number of hydrogen-bond acceptors (Lipinski definition) is 6. The Morgan fingerprint density at radius 2 is 2.10 bits per heavy atom. The van der Waals surface area contributed by atoms with E-state index in [4.69, 9.17) is 0 Å². The maximum absolute atomic E-state index is 12.5. The number of ketones is 1. The lowest BCUT2D eigenvalue weighted by Crippen LogP contribution is -2.27. The molecule has 4 aromatic rings. The fourth-order valence-electron chi connectivity index (χ4n) is 3.96. The van der Waals surface area contributed by atoms with Crippen LogP contribution in [-0.2, 0) is 11.2 Å². The van der Waals surface area contributed by atoms with Crippen molar-refractivity contribution < 1.29 is 4.79 Å². The Hall–Kier alpha value is -3.74. The second kappa shape index (κ2) is 7.83. The third-order valence-electron chi connectivity index (χ3n) is 5.49. The van der Waals surface area contributed by atoms with Crippen molar-refractivity contribution in [2.45, 2.75) is 32.7 Å². The minimum Gasteiger partial charge on any atom is -0.375 e. The highest BCUT2D eigenvalue weighted by atomic mass is 16.1. The Morgan fingerprint density at radius 3 is 2.97 bits per heavy atom. The van der Waals surface area contributed by atoms with Gasteiger partial charge in [0.1, 0.15) is 5.82 Å². The normalized spacial score (nSPS) is 15.1. The van der Waals surface area contributed by atoms with Crippen LogP contribution >= 0.6 is 0 Å². The number of aromatic amines is 1. The van der Waals surface area contributed by atoms with Crippen LogP contribution < -0.4 is 10.6 Å². The van der Waals surface area contributed by atoms with Gasteiger partial charge in [0.05, 0.1) is 17.8 Å². The van der Waals surface area contributed by atoms with Gasteiger partial charge in [0.2, 0.25) is 0 Å². The van der Waals surface area contributed by atoms with E-state index in [-0.39, 0.29) is 11.8 Å². The van der Waals surface area contributed by atoms with Crippen molar-refractivity contribution in [2.75, 3.05) is 10.6 Å². The smallest absolute Gasteiger partial charge is 0.161 e. The summed E-state index contributed by atoms with van der Waals surface area (Å²) in [5, 5.41) is 14.8. The molecule has 0 saturated heterocycles. The number of nitrogens with zero attached hydrogens (tertiary/aromatic N) is 3. The zero-order valence-corrected chi connectivity index (χ0v) is 17.5. The van der Waals surface area contributed by atoms with Crippen molar-refractivity contribution in [2.24, 2.45) is 5.92 Å². The highest BCUT2D eigenvalue weighted by Gasteiger charge is 2.27. The zero-order valence-electron chi connectivity index (χ0n) is 17.5. The van der Waals surface area contributed by atoms with Crippen molar-refractivity contribution in [1.29, 1.82) is 0 Å². The lowest BCUT2D eigenvalue weighted by Gasteiger charge is -2.11. The van der Waals surface area contributed by atoms with Gasteiger partial charge in [0, 0.05) is 41.4 Å². The summed E-state index contributed by atoms with van der Waals surface area (Å²) in [5.74, 6) is 1.98. The molecule has 2 aromatic heterocycles. The summed E-state index contributed by atoms with van der Waals surface area (Å²) < 4.78 is 0. The fraction of sp³-hybridized carbons (Fsp3) is 0.250. The second-order valence-corrected chi connectivity index (χ2v) is 8.40. The molecule has 0 spiro atoms. The number of hydrogen-bond donors (Lipinski definition) is 3. The van der Waals surface area contributed by atoms with Gasteiger partial charge in [-0.3, -0.25) is 9.89 Å². The Bertz CT molecular complexity index is 1260. The van der Waals surface area contributed by atoms with Crippen LogP contribution in [0.2, 0.25) is 0 Å². The lowest BCUT2D eigenvalue weighted by molar-refractivity contribution is -0.120. The van der Waals surface area contributed by atoms with Crippen LogP contribution in [0.5, 0.6) is 0 Å². The molecule has 0 radical (unpaired) electrons. The predicted molar refractivity (Wildman–Crippen MR) is 122 cm³/mol. The molecule has 0 aliphatic carbocycles. The van der Waals surface area contributed by atoms with Gasteiger partial charge in [0.15, 0.2) is 11.6 Å². The Balaban J connectivity index is 1.35. The molecule has 1 aliphatic heterocycles. The predicted octanol–water partition coefficient (Wildman–Crippen LogP) is 4.72. The number of H-pyrrole nitrogens is 1. The van der Waals surface area contributed by atoms with Crippen molar-refractivity contribution in [3.05, 3.63) is 60.4 Å². The van der Waals surface area contributed by atoms with Crippen molar-refractivity contribution in [3.8, 4) is 11.4 Å². The van der Waals surface area contributed by atoms with Crippen LogP contribution in [0.25, 0.3) is 22.3 Å². The summed E-state index contributed by atoms with van der Waals surface area (Å²) in [6, 6.07) is 13.8. The standard InChI is InChI=1S/C24H24N6O/c1-14(2)9-22(31)21-11-15-3-4-16(12-20(15)28-21)24-25-8-7-23(29-24)27-18-5-6-19-17(10-18)13-26-30-19/h3-8,10,12-14,21,28H,9,11H2,1-2H3,(H,26,30)(H,25,27,29). The summed E-state index contributed by atoms with van der Waals surface area (Å²) in [6.45, 7) is 4.15. The molecule has 1 aliphatic rings. The third-order valence-corrected chi connectivity index (χ3v) is 5.49. The molecule has 5 rings (SSSR count). The summed E-state index contributed by atoms with van der Waals surface area (Å²) in [7, 11) is 0. The first-order valence-electron chi connectivity index (χ1n) is 10.5. The minimum absolute atomic E-state index is 0.139. The largest absolute Gasteiger partial charge is 0.375 e. The van der Waals surface area contributed by atoms with Gasteiger partial charge in [-0.2, -0.15) is 5.10 Å². The number of aromatic nitrogens is 4. The number of Topliss-reactive ketones (excluding diaryl/α,β-unsaturated/α-hetero) is 1. The maximum atomic E-state index is 12.5. The molecule has 1 atom stereocenters. The van der Waals surface area contributed by atoms with Gasteiger partial charge >= 0.3 is 0 Å². The zero-order chi connectivity index (χ0) is 21.4. The highest BCUT2D eigenvalue weighted by Crippen LogP contribution is 2.31. The van der Waals surface area contributed by atoms with Crippen LogP contribution in [0.3, 0.4) is 0 Å². The molecular formula is C24H24N6O. The van der Waals surface area contributed by atoms with Crippen molar-refractivity contribution in [1.82, 2.24) is 20.2 Å². The van der Waals surface area contributed by atoms with E-state index in [9.17, 15) is 4.79 Å². The van der Waals surface area contributed by atoms with Gasteiger partial charge in [-0.25, -0.2) is 9.97 Å². The number of carbonyl (C=O) groups is 1. The van der Waals surface area contributed by atoms with E-state index in [1.807, 2.05) is 36.4 Å². The summed E-state index contributed by atoms with van der Waals surface area (Å²) in [6.07, 6.45) is 4.87. The summed E-state index contributed by atoms with van der Waals surface area (Å²) >= 11 is 0. The molecule has 156 valence electrons. The topological polar surface area (TPSA) is 95.6 Å². The molecule has 0 amide bonds. The number of anilines is 3. The van der Waals surface area contributed by atoms with E-state index in [1.165, 1.54) is 0 Å². The number of benzene rings is 2. The highest BCUT2D eigenvalue weighted by molar-refractivity contribution is 5.90. The van der Waals surface area contributed by atoms with E-state index in [0.29, 0.717) is 24.0 Å². The fourth-order valence-corrected chi connectivity index (χ4v) is 3.96. The molecule has 7 nitrogen and oxygen atoms in total. The van der Waals surface area contributed by atoms with E-state index in [1.54, 1.807) is 12.4 Å². The van der Waals surface area contributed by atoms with Crippen LogP contribution in [0.4, 0.5) is 17.2 Å². The van der Waals surface area contributed by atoms with E-state index in [0.717, 1.165) is 39.8 Å². The molecule has 0 fully saturated rings. The molecule has 3 N–H and O–H groups in total. The third kappa shape index (κ3) is 3.99. The SMILES string of the molecule is CC(C)CC(=O)C1Cc2ccc(-c3nccc(Nc4ccc5[nH]ncc5c4)n3)cc2N1. The molecule has 1 unspecified atom stereocenters. The first kappa shape index (κ1) is 19.2. The molecule has 0 saturated carbocycles. The molecular weight excluding hydrogens is 388 g/mol. The number of rotatable bonds is 6. The molecule has 2 aromatic carbocycles. The van der Waals surface area contributed by atoms with E-state index in [2.05, 4.69) is 50.7 Å². The van der Waals surface area contributed by atoms with Gasteiger partial charge < -0.3 is 10.6 Å². The minimum atomic E-state index is -0.139. The average Bonchev–Trinajstić information content (AvgIpc) is 3.39. The average molecular weight is 412 g/mol. The van der Waals surface area contributed by atoms with Crippen LogP contribution in [-0.4, -0.2) is 32.0 Å². The molecule has 0 bridgehead atoms. The van der Waals surface area contributed by atoms with Crippen molar-refractivity contribution >= 4 is 33.9 Å². The molecule has 3 heterocycles. The van der Waals surface area contributed by atoms with E-state index < -0.39 is 0 Å². The van der Waals surface area contributed by atoms with Crippen LogP contribution in [0.1, 0.15) is 25.8 Å². The Kier molecular flexibility index (Phi) is 4.86. The van der Waals surface area contributed by atoms with Gasteiger partial charge in [-0.05, 0) is 41.8 Å². The Labute approximate surface area is 180 Å². The summed E-state index contributed by atoms with van der Waals surface area (Å²) in [5.41, 5.74) is 4.99. The number of nitrogens with one attached hydrogen (secondary N) is 3. The van der Waals surface area contributed by atoms with Gasteiger partial charge in [-0.1, -0.05) is 26.0 Å². The number of carbonyl (C=O) groups excluding carboxylic acids is 1. The molecule has 7 heteroatoms. The van der Waals surface area contributed by atoms with Gasteiger partial charge in [0.25, 0.3) is 0 Å². The lowest BCUT2D eigenvalue weighted by atomic mass is 9.99. The Morgan fingerprint density at radius 1 is 1.19 bits per heavy atom. The summed E-state index contributed by atoms with van der Waals surface area (Å²) in [4.78, 5) is 21.6. The van der Waals surface area contributed by atoms with Crippen LogP contribution in [0.15, 0.2) is 54.9 Å². The van der Waals surface area contributed by atoms with E-state index >= 15 is 0 Å².